The molecule has 0 bridgehead atoms. The maximum absolute atomic E-state index is 10.2. The van der Waals surface area contributed by atoms with Crippen LogP contribution in [0.15, 0.2) is 0 Å². The Balaban J connectivity index is 2.37. The first-order chi connectivity index (χ1) is 6.31. The van der Waals surface area contributed by atoms with Crippen molar-refractivity contribution in [3.63, 3.8) is 0 Å². The number of hydrogen-bond acceptors (Lipinski definition) is 3. The third kappa shape index (κ3) is 2.88. The normalized spacial score (nSPS) is 29.1. The van der Waals surface area contributed by atoms with Crippen molar-refractivity contribution in [2.75, 3.05) is 26.1 Å². The Bertz CT molecular complexity index is 166. The van der Waals surface area contributed by atoms with E-state index in [1.54, 1.807) is 0 Å². The van der Waals surface area contributed by atoms with Gasteiger partial charge in [-0.05, 0) is 0 Å². The SMILES string of the molecule is CC[C@H]1CN(CC)C[C@@H]1NCB=O. The van der Waals surface area contributed by atoms with Gasteiger partial charge in [-0.1, -0.05) is 0 Å². The Morgan fingerprint density at radius 1 is 1.46 bits per heavy atom. The van der Waals surface area contributed by atoms with Crippen molar-refractivity contribution >= 4 is 7.15 Å². The Morgan fingerprint density at radius 2 is 2.23 bits per heavy atom. The van der Waals surface area contributed by atoms with E-state index in [0.29, 0.717) is 12.5 Å². The third-order valence-electron chi connectivity index (χ3n) is 2.95. The van der Waals surface area contributed by atoms with Gasteiger partial charge in [0.05, 0.1) is 0 Å². The molecule has 0 unspecified atom stereocenters. The van der Waals surface area contributed by atoms with Crippen molar-refractivity contribution in [1.82, 2.24) is 10.2 Å². The van der Waals surface area contributed by atoms with Crippen LogP contribution in [0.4, 0.5) is 0 Å². The molecule has 3 nitrogen and oxygen atoms in total. The Hall–Kier alpha value is -0.215. The van der Waals surface area contributed by atoms with E-state index in [1.807, 2.05) is 0 Å². The summed E-state index contributed by atoms with van der Waals surface area (Å²) >= 11 is 0. The number of hydrogen-bond donors (Lipinski definition) is 1. The summed E-state index contributed by atoms with van der Waals surface area (Å²) in [4.78, 5) is 2.44. The van der Waals surface area contributed by atoms with Crippen LogP contribution in [-0.2, 0) is 4.70 Å². The third-order valence-corrected chi connectivity index (χ3v) is 2.95. The Labute approximate surface area is 81.1 Å². The molecule has 0 radical (unpaired) electrons. The zero-order valence-corrected chi connectivity index (χ0v) is 8.62. The van der Waals surface area contributed by atoms with E-state index in [1.165, 1.54) is 13.0 Å². The van der Waals surface area contributed by atoms with Gasteiger partial charge in [0.2, 0.25) is 0 Å². The molecule has 1 aliphatic heterocycles. The molecule has 0 aliphatic carbocycles. The summed E-state index contributed by atoms with van der Waals surface area (Å²) in [7, 11) is 0.946. The molecule has 1 aliphatic rings. The molecule has 1 heterocycles. The predicted molar refractivity (Wildman–Crippen MR) is 54.1 cm³/mol. The van der Waals surface area contributed by atoms with Crippen molar-refractivity contribution in [3.8, 4) is 0 Å². The zero-order valence-electron chi connectivity index (χ0n) is 8.62. The molecule has 0 amide bonds. The molecule has 1 fully saturated rings. The van der Waals surface area contributed by atoms with Gasteiger partial charge in [0, 0.05) is 0 Å². The minimum absolute atomic E-state index is 0.499. The van der Waals surface area contributed by atoms with E-state index in [4.69, 9.17) is 0 Å². The molecule has 0 saturated carbocycles. The van der Waals surface area contributed by atoms with Gasteiger partial charge >= 0.3 is 80.4 Å². The van der Waals surface area contributed by atoms with Crippen molar-refractivity contribution in [1.29, 1.82) is 0 Å². The number of rotatable bonds is 5. The van der Waals surface area contributed by atoms with Gasteiger partial charge in [-0.3, -0.25) is 0 Å². The molecule has 0 aromatic carbocycles. The van der Waals surface area contributed by atoms with Crippen LogP contribution >= 0.6 is 0 Å². The molecule has 1 N–H and O–H groups in total. The molecule has 4 heteroatoms. The number of likely N-dealkylation sites (N-methyl/N-ethyl adjacent to an activating group) is 1. The van der Waals surface area contributed by atoms with Gasteiger partial charge in [0.15, 0.2) is 0 Å². The van der Waals surface area contributed by atoms with Gasteiger partial charge in [-0.25, -0.2) is 0 Å². The van der Waals surface area contributed by atoms with Gasteiger partial charge in [0.25, 0.3) is 0 Å². The van der Waals surface area contributed by atoms with E-state index >= 15 is 0 Å². The van der Waals surface area contributed by atoms with Gasteiger partial charge in [-0.15, -0.1) is 0 Å². The fourth-order valence-electron chi connectivity index (χ4n) is 2.06. The van der Waals surface area contributed by atoms with Crippen molar-refractivity contribution in [2.24, 2.45) is 5.92 Å². The van der Waals surface area contributed by atoms with Crippen LogP contribution < -0.4 is 5.32 Å². The van der Waals surface area contributed by atoms with E-state index < -0.39 is 0 Å². The molecule has 0 spiro atoms. The quantitative estimate of drug-likeness (QED) is 0.621. The van der Waals surface area contributed by atoms with Gasteiger partial charge < -0.3 is 0 Å². The van der Waals surface area contributed by atoms with E-state index in [-0.39, 0.29) is 0 Å². The van der Waals surface area contributed by atoms with Crippen molar-refractivity contribution < 1.29 is 4.70 Å². The molecule has 13 heavy (non-hydrogen) atoms. The summed E-state index contributed by atoms with van der Waals surface area (Å²) in [5.41, 5.74) is 0. The molecule has 2 atom stereocenters. The molecule has 0 aromatic heterocycles. The fourth-order valence-corrected chi connectivity index (χ4v) is 2.06. The second-order valence-electron chi connectivity index (χ2n) is 3.70. The zero-order chi connectivity index (χ0) is 9.68. The summed E-state index contributed by atoms with van der Waals surface area (Å²) in [6, 6.07) is 0.523. The summed E-state index contributed by atoms with van der Waals surface area (Å²) in [6.07, 6.45) is 1.70. The Kier molecular flexibility index (Phi) is 4.60. The first kappa shape index (κ1) is 10.9. The summed E-state index contributed by atoms with van der Waals surface area (Å²) < 4.78 is 10.2. The van der Waals surface area contributed by atoms with Crippen molar-refractivity contribution in [3.05, 3.63) is 0 Å². The van der Waals surface area contributed by atoms with E-state index in [0.717, 1.165) is 26.2 Å². The van der Waals surface area contributed by atoms with Crippen molar-refractivity contribution in [2.45, 2.75) is 26.3 Å². The molecule has 1 rings (SSSR count). The number of nitrogens with one attached hydrogen (secondary N) is 1. The summed E-state index contributed by atoms with van der Waals surface area (Å²) in [6.45, 7) is 7.82. The molecule has 1 saturated heterocycles. The second-order valence-corrected chi connectivity index (χ2v) is 3.70. The second kappa shape index (κ2) is 5.50. The predicted octanol–water partition coefficient (Wildman–Crippen LogP) is 0.313. The maximum atomic E-state index is 10.2. The molecule has 74 valence electrons. The number of nitrogens with zero attached hydrogens (tertiary/aromatic N) is 1. The van der Waals surface area contributed by atoms with Crippen LogP contribution in [0.5, 0.6) is 0 Å². The van der Waals surface area contributed by atoms with Crippen LogP contribution in [0, 0.1) is 5.92 Å². The fraction of sp³-hybridized carbons (Fsp3) is 1.00. The standard InChI is InChI=1S/C9H19BN2O/c1-3-8-5-12(4-2)6-9(8)11-7-10-13/h8-9,11H,3-7H2,1-2H3/t8-,9-/m0/s1. The first-order valence-corrected chi connectivity index (χ1v) is 5.21. The summed E-state index contributed by atoms with van der Waals surface area (Å²) in [5, 5.41) is 3.29. The average Bonchev–Trinajstić information content (AvgIpc) is 2.57. The topological polar surface area (TPSA) is 32.3 Å². The van der Waals surface area contributed by atoms with Gasteiger partial charge in [0.1, 0.15) is 0 Å². The monoisotopic (exact) mass is 182 g/mol. The van der Waals surface area contributed by atoms with Crippen LogP contribution in [0.2, 0.25) is 0 Å². The molecule has 0 aromatic rings. The summed E-state index contributed by atoms with van der Waals surface area (Å²) in [5.74, 6) is 0.722. The molecular formula is C9H19BN2O. The number of likely N-dealkylation sites (tertiary alicyclic amines) is 1. The van der Waals surface area contributed by atoms with Crippen LogP contribution in [0.1, 0.15) is 20.3 Å². The first-order valence-electron chi connectivity index (χ1n) is 5.21. The Morgan fingerprint density at radius 3 is 2.77 bits per heavy atom. The average molecular weight is 182 g/mol. The van der Waals surface area contributed by atoms with E-state index in [2.05, 4.69) is 24.1 Å². The van der Waals surface area contributed by atoms with E-state index in [9.17, 15) is 4.70 Å². The minimum atomic E-state index is 0.499. The van der Waals surface area contributed by atoms with Crippen LogP contribution in [0.25, 0.3) is 0 Å². The van der Waals surface area contributed by atoms with Crippen LogP contribution in [-0.4, -0.2) is 44.2 Å². The van der Waals surface area contributed by atoms with Gasteiger partial charge in [-0.2, -0.15) is 0 Å². The molecular weight excluding hydrogens is 163 g/mol. The van der Waals surface area contributed by atoms with Crippen LogP contribution in [0.3, 0.4) is 0 Å².